The second-order valence-electron chi connectivity index (χ2n) is 5.53. The predicted octanol–water partition coefficient (Wildman–Crippen LogP) is 2.19. The van der Waals surface area contributed by atoms with E-state index in [0.717, 1.165) is 13.0 Å². The van der Waals surface area contributed by atoms with E-state index in [9.17, 15) is 10.1 Å². The minimum atomic E-state index is -0.360. The monoisotopic (exact) mass is 254 g/mol. The third-order valence-electron chi connectivity index (χ3n) is 2.73. The summed E-state index contributed by atoms with van der Waals surface area (Å²) >= 11 is 0. The molecule has 0 aliphatic rings. The molecule has 1 N–H and O–H groups in total. The zero-order valence-corrected chi connectivity index (χ0v) is 11.8. The summed E-state index contributed by atoms with van der Waals surface area (Å²) < 4.78 is 1.72. The van der Waals surface area contributed by atoms with Gasteiger partial charge in [0.1, 0.15) is 11.4 Å². The highest BCUT2D eigenvalue weighted by Gasteiger charge is 2.21. The summed E-state index contributed by atoms with van der Waals surface area (Å²) in [6, 6.07) is 0. The molecule has 0 unspecified atom stereocenters. The Labute approximate surface area is 108 Å². The van der Waals surface area contributed by atoms with Crippen LogP contribution in [-0.4, -0.2) is 26.8 Å². The van der Waals surface area contributed by atoms with Crippen LogP contribution < -0.4 is 5.32 Å². The molecule has 0 spiro atoms. The van der Waals surface area contributed by atoms with Crippen molar-refractivity contribution in [2.24, 2.45) is 0 Å². The van der Waals surface area contributed by atoms with E-state index in [1.807, 2.05) is 0 Å². The molecule has 0 fully saturated rings. The van der Waals surface area contributed by atoms with Crippen LogP contribution in [-0.2, 0) is 6.54 Å². The predicted molar refractivity (Wildman–Crippen MR) is 70.7 cm³/mol. The topological polar surface area (TPSA) is 73.0 Å². The number of nitrogens with one attached hydrogen (secondary N) is 1. The summed E-state index contributed by atoms with van der Waals surface area (Å²) in [6.45, 7) is 11.3. The van der Waals surface area contributed by atoms with Crippen LogP contribution in [0.4, 0.5) is 5.69 Å². The summed E-state index contributed by atoms with van der Waals surface area (Å²) in [7, 11) is 0. The van der Waals surface area contributed by atoms with E-state index in [1.54, 1.807) is 18.5 Å². The molecule has 0 aromatic carbocycles. The van der Waals surface area contributed by atoms with E-state index in [1.165, 1.54) is 0 Å². The van der Waals surface area contributed by atoms with Gasteiger partial charge in [-0.25, -0.2) is 0 Å². The molecule has 6 heteroatoms. The van der Waals surface area contributed by atoms with Gasteiger partial charge in [-0.1, -0.05) is 0 Å². The summed E-state index contributed by atoms with van der Waals surface area (Å²) in [6.07, 6.45) is 0.899. The van der Waals surface area contributed by atoms with Gasteiger partial charge in [0, 0.05) is 12.1 Å². The highest BCUT2D eigenvalue weighted by molar-refractivity contribution is 5.39. The first-order chi connectivity index (χ1) is 8.22. The van der Waals surface area contributed by atoms with Crippen LogP contribution in [0.5, 0.6) is 0 Å². The lowest BCUT2D eigenvalue weighted by Crippen LogP contribution is -2.36. The molecule has 0 saturated heterocycles. The number of aryl methyl sites for hydroxylation is 2. The van der Waals surface area contributed by atoms with E-state index in [0.29, 0.717) is 17.9 Å². The normalized spacial score (nSPS) is 11.8. The Balaban J connectivity index is 2.59. The molecule has 1 aromatic rings. The Morgan fingerprint density at radius 1 is 1.39 bits per heavy atom. The summed E-state index contributed by atoms with van der Waals surface area (Å²) in [5, 5.41) is 18.5. The van der Waals surface area contributed by atoms with E-state index in [2.05, 4.69) is 31.2 Å². The van der Waals surface area contributed by atoms with Gasteiger partial charge in [-0.3, -0.25) is 14.8 Å². The van der Waals surface area contributed by atoms with Gasteiger partial charge in [0.2, 0.25) is 0 Å². The molecular weight excluding hydrogens is 232 g/mol. The lowest BCUT2D eigenvalue weighted by Gasteiger charge is -2.20. The SMILES string of the molecule is Cc1nn(CCCNC(C)(C)C)c(C)c1[N+](=O)[O-]. The van der Waals surface area contributed by atoms with Gasteiger partial charge < -0.3 is 5.32 Å². The molecule has 0 bridgehead atoms. The number of nitrogens with zero attached hydrogens (tertiary/aromatic N) is 3. The number of hydrogen-bond acceptors (Lipinski definition) is 4. The van der Waals surface area contributed by atoms with Gasteiger partial charge in [-0.15, -0.1) is 0 Å². The third-order valence-corrected chi connectivity index (χ3v) is 2.73. The minimum Gasteiger partial charge on any atom is -0.312 e. The molecular formula is C12H22N4O2. The standard InChI is InChI=1S/C12H22N4O2/c1-9-11(16(17)18)10(2)15(14-9)8-6-7-13-12(3,4)5/h13H,6-8H2,1-5H3. The van der Waals surface area contributed by atoms with Crippen molar-refractivity contribution in [2.75, 3.05) is 6.54 Å². The maximum Gasteiger partial charge on any atom is 0.312 e. The van der Waals surface area contributed by atoms with Crippen molar-refractivity contribution >= 4 is 5.69 Å². The summed E-state index contributed by atoms with van der Waals surface area (Å²) in [4.78, 5) is 10.5. The van der Waals surface area contributed by atoms with Crippen molar-refractivity contribution in [3.8, 4) is 0 Å². The molecule has 18 heavy (non-hydrogen) atoms. The van der Waals surface area contributed by atoms with Crippen LogP contribution in [0, 0.1) is 24.0 Å². The Morgan fingerprint density at radius 3 is 2.44 bits per heavy atom. The average Bonchev–Trinajstić information content (AvgIpc) is 2.47. The van der Waals surface area contributed by atoms with Crippen LogP contribution in [0.2, 0.25) is 0 Å². The van der Waals surface area contributed by atoms with E-state index < -0.39 is 0 Å². The zero-order valence-electron chi connectivity index (χ0n) is 11.8. The van der Waals surface area contributed by atoms with Crippen LogP contribution in [0.1, 0.15) is 38.6 Å². The van der Waals surface area contributed by atoms with Crippen molar-refractivity contribution < 1.29 is 4.92 Å². The largest absolute Gasteiger partial charge is 0.312 e. The second-order valence-corrected chi connectivity index (χ2v) is 5.53. The first kappa shape index (κ1) is 14.6. The Kier molecular flexibility index (Phi) is 4.45. The van der Waals surface area contributed by atoms with E-state index in [-0.39, 0.29) is 16.1 Å². The number of hydrogen-bond donors (Lipinski definition) is 1. The smallest absolute Gasteiger partial charge is 0.312 e. The molecule has 0 radical (unpaired) electrons. The van der Waals surface area contributed by atoms with Gasteiger partial charge in [0.05, 0.1) is 4.92 Å². The van der Waals surface area contributed by atoms with E-state index in [4.69, 9.17) is 0 Å². The number of rotatable bonds is 5. The molecule has 1 rings (SSSR count). The van der Waals surface area contributed by atoms with Gasteiger partial charge in [0.25, 0.3) is 0 Å². The molecule has 1 heterocycles. The first-order valence-electron chi connectivity index (χ1n) is 6.16. The minimum absolute atomic E-state index is 0.0983. The Morgan fingerprint density at radius 2 is 2.00 bits per heavy atom. The molecule has 1 aromatic heterocycles. The Bertz CT molecular complexity index is 432. The van der Waals surface area contributed by atoms with Gasteiger partial charge >= 0.3 is 5.69 Å². The second kappa shape index (κ2) is 5.48. The summed E-state index contributed by atoms with van der Waals surface area (Å²) in [5.41, 5.74) is 1.36. The number of aromatic nitrogens is 2. The highest BCUT2D eigenvalue weighted by atomic mass is 16.6. The molecule has 0 aliphatic carbocycles. The summed E-state index contributed by atoms with van der Waals surface area (Å²) in [5.74, 6) is 0. The molecule has 102 valence electrons. The van der Waals surface area contributed by atoms with Crippen molar-refractivity contribution in [1.29, 1.82) is 0 Å². The lowest BCUT2D eigenvalue weighted by molar-refractivity contribution is -0.386. The highest BCUT2D eigenvalue weighted by Crippen LogP contribution is 2.21. The van der Waals surface area contributed by atoms with E-state index >= 15 is 0 Å². The van der Waals surface area contributed by atoms with Crippen LogP contribution in [0.3, 0.4) is 0 Å². The van der Waals surface area contributed by atoms with Crippen molar-refractivity contribution in [3.63, 3.8) is 0 Å². The van der Waals surface area contributed by atoms with Crippen LogP contribution >= 0.6 is 0 Å². The quantitative estimate of drug-likeness (QED) is 0.496. The fourth-order valence-electron chi connectivity index (χ4n) is 1.86. The Hall–Kier alpha value is -1.43. The molecule has 0 atom stereocenters. The zero-order chi connectivity index (χ0) is 13.9. The van der Waals surface area contributed by atoms with Crippen molar-refractivity contribution in [3.05, 3.63) is 21.5 Å². The first-order valence-corrected chi connectivity index (χ1v) is 6.16. The molecule has 0 aliphatic heterocycles. The lowest BCUT2D eigenvalue weighted by atomic mass is 10.1. The van der Waals surface area contributed by atoms with Crippen LogP contribution in [0.15, 0.2) is 0 Å². The van der Waals surface area contributed by atoms with Gasteiger partial charge in [0.15, 0.2) is 0 Å². The maximum absolute atomic E-state index is 10.9. The molecule has 0 saturated carbocycles. The van der Waals surface area contributed by atoms with Crippen molar-refractivity contribution in [1.82, 2.24) is 15.1 Å². The molecule has 0 amide bonds. The van der Waals surface area contributed by atoms with Gasteiger partial charge in [-0.05, 0) is 47.6 Å². The average molecular weight is 254 g/mol. The van der Waals surface area contributed by atoms with Gasteiger partial charge in [-0.2, -0.15) is 5.10 Å². The van der Waals surface area contributed by atoms with Crippen LogP contribution in [0.25, 0.3) is 0 Å². The fourth-order valence-corrected chi connectivity index (χ4v) is 1.86. The number of nitro groups is 1. The molecule has 6 nitrogen and oxygen atoms in total. The van der Waals surface area contributed by atoms with Crippen molar-refractivity contribution in [2.45, 2.75) is 53.1 Å². The third kappa shape index (κ3) is 3.80. The fraction of sp³-hybridized carbons (Fsp3) is 0.750. The maximum atomic E-state index is 10.9.